The van der Waals surface area contributed by atoms with Gasteiger partial charge in [0.15, 0.2) is 0 Å². The van der Waals surface area contributed by atoms with Crippen molar-refractivity contribution in [3.8, 4) is 5.75 Å². The van der Waals surface area contributed by atoms with Crippen molar-refractivity contribution in [3.63, 3.8) is 0 Å². The van der Waals surface area contributed by atoms with Crippen LogP contribution in [0.4, 0.5) is 0 Å². The molecule has 2 aromatic rings. The van der Waals surface area contributed by atoms with E-state index in [-0.39, 0.29) is 23.7 Å². The third-order valence-electron chi connectivity index (χ3n) is 3.32. The molecule has 0 spiro atoms. The van der Waals surface area contributed by atoms with Gasteiger partial charge < -0.3 is 9.47 Å². The highest BCUT2D eigenvalue weighted by atomic mass is 32.2. The molecule has 0 unspecified atom stereocenters. The molecule has 0 saturated heterocycles. The van der Waals surface area contributed by atoms with Gasteiger partial charge in [0.1, 0.15) is 19.0 Å². The zero-order valence-corrected chi connectivity index (χ0v) is 14.3. The number of sulfonamides is 1. The fourth-order valence-corrected chi connectivity index (χ4v) is 2.77. The van der Waals surface area contributed by atoms with E-state index < -0.39 is 16.0 Å². The van der Waals surface area contributed by atoms with Gasteiger partial charge in [0.2, 0.25) is 10.0 Å². The van der Waals surface area contributed by atoms with Crippen LogP contribution in [0.5, 0.6) is 5.75 Å². The highest BCUT2D eigenvalue weighted by molar-refractivity contribution is 7.89. The molecule has 128 valence electrons. The second-order valence-corrected chi connectivity index (χ2v) is 6.87. The molecule has 24 heavy (non-hydrogen) atoms. The standard InChI is InChI=1S/C17H19NO5S/c1-13-6-3-4-9-16(13)22-10-11-23-17(19)14-7-5-8-15(12-14)24(20,21)18-2/h3-9,12,18H,10-11H2,1-2H3. The fraction of sp³-hybridized carbons (Fsp3) is 0.235. The van der Waals surface area contributed by atoms with Crippen LogP contribution in [0.1, 0.15) is 15.9 Å². The van der Waals surface area contributed by atoms with Gasteiger partial charge in [0.25, 0.3) is 0 Å². The highest BCUT2D eigenvalue weighted by Gasteiger charge is 2.15. The van der Waals surface area contributed by atoms with E-state index in [2.05, 4.69) is 4.72 Å². The third-order valence-corrected chi connectivity index (χ3v) is 4.73. The summed E-state index contributed by atoms with van der Waals surface area (Å²) >= 11 is 0. The third kappa shape index (κ3) is 4.56. The van der Waals surface area contributed by atoms with Crippen molar-refractivity contribution >= 4 is 16.0 Å². The molecule has 7 heteroatoms. The first-order valence-electron chi connectivity index (χ1n) is 7.33. The van der Waals surface area contributed by atoms with Gasteiger partial charge in [-0.25, -0.2) is 17.9 Å². The first-order valence-corrected chi connectivity index (χ1v) is 8.81. The summed E-state index contributed by atoms with van der Waals surface area (Å²) < 4.78 is 36.3. The molecular weight excluding hydrogens is 330 g/mol. The second-order valence-electron chi connectivity index (χ2n) is 4.99. The Morgan fingerprint density at radius 3 is 2.54 bits per heavy atom. The zero-order chi connectivity index (χ0) is 17.6. The first-order chi connectivity index (χ1) is 11.4. The number of esters is 1. The predicted molar refractivity (Wildman–Crippen MR) is 89.6 cm³/mol. The smallest absolute Gasteiger partial charge is 0.338 e. The van der Waals surface area contributed by atoms with E-state index in [1.54, 1.807) is 0 Å². The molecule has 0 radical (unpaired) electrons. The van der Waals surface area contributed by atoms with Gasteiger partial charge in [0, 0.05) is 0 Å². The summed E-state index contributed by atoms with van der Waals surface area (Å²) in [5.41, 5.74) is 1.16. The number of ether oxygens (including phenoxy) is 2. The predicted octanol–water partition coefficient (Wildman–Crippen LogP) is 2.14. The summed E-state index contributed by atoms with van der Waals surface area (Å²) in [5.74, 6) is 0.132. The normalized spacial score (nSPS) is 11.1. The lowest BCUT2D eigenvalue weighted by Crippen LogP contribution is -2.19. The SMILES string of the molecule is CNS(=O)(=O)c1cccc(C(=O)OCCOc2ccccc2C)c1. The van der Waals surface area contributed by atoms with Crippen molar-refractivity contribution in [2.75, 3.05) is 20.3 Å². The summed E-state index contributed by atoms with van der Waals surface area (Å²) in [6, 6.07) is 13.2. The van der Waals surface area contributed by atoms with E-state index in [0.29, 0.717) is 0 Å². The van der Waals surface area contributed by atoms with Crippen LogP contribution in [-0.4, -0.2) is 34.6 Å². The minimum Gasteiger partial charge on any atom is -0.490 e. The molecule has 0 heterocycles. The van der Waals surface area contributed by atoms with Crippen LogP contribution in [-0.2, 0) is 14.8 Å². The van der Waals surface area contributed by atoms with Crippen LogP contribution in [0.15, 0.2) is 53.4 Å². The Kier molecular flexibility index (Phi) is 5.94. The van der Waals surface area contributed by atoms with E-state index in [1.165, 1.54) is 31.3 Å². The summed E-state index contributed by atoms with van der Waals surface area (Å²) in [6.07, 6.45) is 0. The van der Waals surface area contributed by atoms with Crippen molar-refractivity contribution in [2.45, 2.75) is 11.8 Å². The molecule has 0 atom stereocenters. The van der Waals surface area contributed by atoms with Gasteiger partial charge >= 0.3 is 5.97 Å². The van der Waals surface area contributed by atoms with Crippen LogP contribution in [0.25, 0.3) is 0 Å². The number of benzene rings is 2. The number of rotatable bonds is 7. The number of hydrogen-bond donors (Lipinski definition) is 1. The Balaban J connectivity index is 1.91. The minimum absolute atomic E-state index is 0.00982. The summed E-state index contributed by atoms with van der Waals surface area (Å²) in [4.78, 5) is 12.0. The van der Waals surface area contributed by atoms with Crippen LogP contribution < -0.4 is 9.46 Å². The van der Waals surface area contributed by atoms with Crippen LogP contribution >= 0.6 is 0 Å². The molecule has 0 saturated carbocycles. The van der Waals surface area contributed by atoms with Gasteiger partial charge in [-0.2, -0.15) is 0 Å². The molecule has 0 aliphatic rings. The van der Waals surface area contributed by atoms with Crippen LogP contribution in [0, 0.1) is 6.92 Å². The molecule has 0 fully saturated rings. The lowest BCUT2D eigenvalue weighted by molar-refractivity contribution is 0.0450. The molecule has 0 bridgehead atoms. The molecule has 0 aromatic heterocycles. The fourth-order valence-electron chi connectivity index (χ4n) is 2.00. The Hall–Kier alpha value is -2.38. The second kappa shape index (κ2) is 7.94. The van der Waals surface area contributed by atoms with Gasteiger partial charge in [-0.1, -0.05) is 24.3 Å². The Labute approximate surface area is 141 Å². The lowest BCUT2D eigenvalue weighted by Gasteiger charge is -2.10. The summed E-state index contributed by atoms with van der Waals surface area (Å²) in [7, 11) is -2.29. The number of carbonyl (C=O) groups is 1. The molecular formula is C17H19NO5S. The quantitative estimate of drug-likeness (QED) is 0.612. The first kappa shape index (κ1) is 18.0. The number of aryl methyl sites for hydroxylation is 1. The average Bonchev–Trinajstić information content (AvgIpc) is 2.60. The summed E-state index contributed by atoms with van der Waals surface area (Å²) in [5, 5.41) is 0. The number of carbonyl (C=O) groups excluding carboxylic acids is 1. The Morgan fingerprint density at radius 1 is 1.08 bits per heavy atom. The maximum atomic E-state index is 12.0. The largest absolute Gasteiger partial charge is 0.490 e. The maximum absolute atomic E-state index is 12.0. The topological polar surface area (TPSA) is 81.7 Å². The van der Waals surface area contributed by atoms with Crippen molar-refractivity contribution in [1.29, 1.82) is 0 Å². The van der Waals surface area contributed by atoms with Crippen molar-refractivity contribution in [1.82, 2.24) is 4.72 Å². The van der Waals surface area contributed by atoms with Gasteiger partial charge in [-0.05, 0) is 43.8 Å². The van der Waals surface area contributed by atoms with Crippen molar-refractivity contribution in [3.05, 3.63) is 59.7 Å². The molecule has 1 N–H and O–H groups in total. The average molecular weight is 349 g/mol. The molecule has 2 rings (SSSR count). The highest BCUT2D eigenvalue weighted by Crippen LogP contribution is 2.16. The number of nitrogens with one attached hydrogen (secondary N) is 1. The van der Waals surface area contributed by atoms with E-state index in [1.807, 2.05) is 31.2 Å². The maximum Gasteiger partial charge on any atom is 0.338 e. The molecule has 0 aliphatic carbocycles. The van der Waals surface area contributed by atoms with Gasteiger partial charge in [-0.15, -0.1) is 0 Å². The van der Waals surface area contributed by atoms with E-state index in [0.717, 1.165) is 11.3 Å². The van der Waals surface area contributed by atoms with Gasteiger partial charge in [0.05, 0.1) is 10.5 Å². The Morgan fingerprint density at radius 2 is 1.83 bits per heavy atom. The van der Waals surface area contributed by atoms with Crippen LogP contribution in [0.3, 0.4) is 0 Å². The monoisotopic (exact) mass is 349 g/mol. The lowest BCUT2D eigenvalue weighted by atomic mass is 10.2. The van der Waals surface area contributed by atoms with Crippen molar-refractivity contribution < 1.29 is 22.7 Å². The van der Waals surface area contributed by atoms with E-state index in [9.17, 15) is 13.2 Å². The van der Waals surface area contributed by atoms with Crippen LogP contribution in [0.2, 0.25) is 0 Å². The molecule has 2 aromatic carbocycles. The number of hydrogen-bond acceptors (Lipinski definition) is 5. The zero-order valence-electron chi connectivity index (χ0n) is 13.5. The van der Waals surface area contributed by atoms with E-state index >= 15 is 0 Å². The minimum atomic E-state index is -3.60. The molecule has 0 amide bonds. The molecule has 6 nitrogen and oxygen atoms in total. The summed E-state index contributed by atoms with van der Waals surface area (Å²) in [6.45, 7) is 2.20. The Bertz CT molecular complexity index is 817. The van der Waals surface area contributed by atoms with Gasteiger partial charge in [-0.3, -0.25) is 0 Å². The molecule has 0 aliphatic heterocycles. The van der Waals surface area contributed by atoms with E-state index in [4.69, 9.17) is 9.47 Å². The van der Waals surface area contributed by atoms with Crippen molar-refractivity contribution in [2.24, 2.45) is 0 Å². The number of para-hydroxylation sites is 1.